The Hall–Kier alpha value is -1.95. The number of halogens is 1. The Labute approximate surface area is 117 Å². The third-order valence-corrected chi connectivity index (χ3v) is 2.86. The Morgan fingerprint density at radius 1 is 1.10 bits per heavy atom. The van der Waals surface area contributed by atoms with Crippen LogP contribution < -0.4 is 10.8 Å². The van der Waals surface area contributed by atoms with Crippen LogP contribution in [0.4, 0.5) is 4.39 Å². The van der Waals surface area contributed by atoms with Crippen molar-refractivity contribution < 1.29 is 19.2 Å². The van der Waals surface area contributed by atoms with Crippen LogP contribution in [0.3, 0.4) is 0 Å². The molecular weight excluding hydrogens is 263 g/mol. The molecule has 0 unspecified atom stereocenters. The molecule has 0 atom stereocenters. The van der Waals surface area contributed by atoms with E-state index in [2.05, 4.69) is 5.32 Å². The normalized spacial score (nSPS) is 10.1. The molecule has 3 N–H and O–H groups in total. The summed E-state index contributed by atoms with van der Waals surface area (Å²) in [5.41, 5.74) is 1.62. The molecule has 1 aromatic carbocycles. The molecule has 0 saturated heterocycles. The molecule has 0 heterocycles. The lowest BCUT2D eigenvalue weighted by Crippen LogP contribution is -2.25. The molecule has 110 valence electrons. The first-order chi connectivity index (χ1) is 9.65. The summed E-state index contributed by atoms with van der Waals surface area (Å²) >= 11 is 0. The Balaban J connectivity index is 2.11. The molecule has 0 aliphatic rings. The van der Waals surface area contributed by atoms with Gasteiger partial charge in [0.2, 0.25) is 5.91 Å². The van der Waals surface area contributed by atoms with Crippen molar-refractivity contribution >= 4 is 11.8 Å². The highest BCUT2D eigenvalue weighted by Gasteiger charge is 2.09. The number of nitrogens with one attached hydrogen (secondary N) is 2. The summed E-state index contributed by atoms with van der Waals surface area (Å²) in [5.74, 6) is -1.33. The highest BCUT2D eigenvalue weighted by Crippen LogP contribution is 2.06. The zero-order valence-corrected chi connectivity index (χ0v) is 11.2. The van der Waals surface area contributed by atoms with Crippen molar-refractivity contribution in [3.05, 3.63) is 35.6 Å². The summed E-state index contributed by atoms with van der Waals surface area (Å²) in [6, 6.07) is 5.85. The number of carbonyl (C=O) groups is 2. The van der Waals surface area contributed by atoms with Crippen molar-refractivity contribution in [2.45, 2.75) is 32.1 Å². The quantitative estimate of drug-likeness (QED) is 0.388. The molecule has 20 heavy (non-hydrogen) atoms. The lowest BCUT2D eigenvalue weighted by atomic mass is 10.1. The zero-order chi connectivity index (χ0) is 14.8. The molecule has 0 aromatic heterocycles. The van der Waals surface area contributed by atoms with Crippen LogP contribution in [-0.2, 0) is 4.79 Å². The number of amides is 2. The van der Waals surface area contributed by atoms with Crippen LogP contribution in [0.25, 0.3) is 0 Å². The molecule has 1 aromatic rings. The molecule has 0 bridgehead atoms. The first kappa shape index (κ1) is 16.1. The number of hydrogen-bond donors (Lipinski definition) is 3. The van der Waals surface area contributed by atoms with Gasteiger partial charge in [-0.1, -0.05) is 25.0 Å². The summed E-state index contributed by atoms with van der Waals surface area (Å²) in [6.45, 7) is 0.472. The number of rotatable bonds is 8. The van der Waals surface area contributed by atoms with Gasteiger partial charge < -0.3 is 5.32 Å². The van der Waals surface area contributed by atoms with E-state index in [1.807, 2.05) is 0 Å². The molecule has 0 radical (unpaired) electrons. The first-order valence-corrected chi connectivity index (χ1v) is 6.61. The van der Waals surface area contributed by atoms with Crippen LogP contribution in [-0.4, -0.2) is 23.6 Å². The predicted octanol–water partition coefficient (Wildman–Crippen LogP) is 2.01. The van der Waals surface area contributed by atoms with E-state index >= 15 is 0 Å². The molecule has 0 spiro atoms. The van der Waals surface area contributed by atoms with Gasteiger partial charge in [0.15, 0.2) is 0 Å². The lowest BCUT2D eigenvalue weighted by Gasteiger charge is -2.06. The van der Waals surface area contributed by atoms with Gasteiger partial charge in [-0.15, -0.1) is 0 Å². The third kappa shape index (κ3) is 5.79. The number of benzene rings is 1. The number of hydrogen-bond acceptors (Lipinski definition) is 3. The van der Waals surface area contributed by atoms with Gasteiger partial charge in [0, 0.05) is 13.0 Å². The van der Waals surface area contributed by atoms with Crippen LogP contribution in [0.1, 0.15) is 42.5 Å². The fourth-order valence-electron chi connectivity index (χ4n) is 1.76. The molecule has 0 fully saturated rings. The Kier molecular flexibility index (Phi) is 7.27. The van der Waals surface area contributed by atoms with Gasteiger partial charge in [0.1, 0.15) is 5.82 Å². The highest BCUT2D eigenvalue weighted by atomic mass is 19.1. The van der Waals surface area contributed by atoms with E-state index < -0.39 is 17.6 Å². The molecule has 6 heteroatoms. The van der Waals surface area contributed by atoms with Crippen LogP contribution >= 0.6 is 0 Å². The molecule has 5 nitrogen and oxygen atoms in total. The molecular formula is C14H19FN2O3. The minimum atomic E-state index is -0.528. The smallest absolute Gasteiger partial charge is 0.254 e. The monoisotopic (exact) mass is 282 g/mol. The van der Waals surface area contributed by atoms with Gasteiger partial charge in [0.25, 0.3) is 5.91 Å². The lowest BCUT2D eigenvalue weighted by molar-refractivity contribution is -0.129. The SMILES string of the molecule is O=C(CCCCCCNC(=O)c1ccccc1F)NO. The second-order valence-corrected chi connectivity index (χ2v) is 4.43. The summed E-state index contributed by atoms with van der Waals surface area (Å²) in [6.07, 6.45) is 3.44. The summed E-state index contributed by atoms with van der Waals surface area (Å²) in [5, 5.41) is 10.9. The third-order valence-electron chi connectivity index (χ3n) is 2.86. The fourth-order valence-corrected chi connectivity index (χ4v) is 1.76. The number of unbranched alkanes of at least 4 members (excludes halogenated alkanes) is 3. The standard InChI is InChI=1S/C14H19FN2O3/c15-12-8-5-4-7-11(12)14(19)16-10-6-2-1-3-9-13(18)17-20/h4-5,7-8,20H,1-3,6,9-10H2,(H,16,19)(H,17,18). The van der Waals surface area contributed by atoms with Gasteiger partial charge in [-0.05, 0) is 25.0 Å². The molecule has 1 rings (SSSR count). The second kappa shape index (κ2) is 9.03. The van der Waals surface area contributed by atoms with E-state index in [-0.39, 0.29) is 12.0 Å². The van der Waals surface area contributed by atoms with E-state index in [1.165, 1.54) is 18.2 Å². The van der Waals surface area contributed by atoms with Crippen LogP contribution in [0.5, 0.6) is 0 Å². The van der Waals surface area contributed by atoms with Crippen molar-refractivity contribution in [2.75, 3.05) is 6.54 Å². The van der Waals surface area contributed by atoms with Crippen molar-refractivity contribution in [1.82, 2.24) is 10.8 Å². The van der Waals surface area contributed by atoms with E-state index in [9.17, 15) is 14.0 Å². The maximum absolute atomic E-state index is 13.3. The largest absolute Gasteiger partial charge is 0.352 e. The minimum Gasteiger partial charge on any atom is -0.352 e. The first-order valence-electron chi connectivity index (χ1n) is 6.61. The summed E-state index contributed by atoms with van der Waals surface area (Å²) in [4.78, 5) is 22.4. The highest BCUT2D eigenvalue weighted by molar-refractivity contribution is 5.94. The van der Waals surface area contributed by atoms with Crippen molar-refractivity contribution in [3.8, 4) is 0 Å². The van der Waals surface area contributed by atoms with Crippen LogP contribution in [0, 0.1) is 5.82 Å². The van der Waals surface area contributed by atoms with Crippen molar-refractivity contribution in [2.24, 2.45) is 0 Å². The van der Waals surface area contributed by atoms with Gasteiger partial charge in [-0.3, -0.25) is 14.8 Å². The zero-order valence-electron chi connectivity index (χ0n) is 11.2. The topological polar surface area (TPSA) is 78.4 Å². The van der Waals surface area contributed by atoms with Crippen molar-refractivity contribution in [1.29, 1.82) is 0 Å². The summed E-state index contributed by atoms with van der Waals surface area (Å²) in [7, 11) is 0. The fraction of sp³-hybridized carbons (Fsp3) is 0.429. The molecule has 2 amide bonds. The van der Waals surface area contributed by atoms with Gasteiger partial charge >= 0.3 is 0 Å². The van der Waals surface area contributed by atoms with Crippen molar-refractivity contribution in [3.63, 3.8) is 0 Å². The van der Waals surface area contributed by atoms with E-state index in [4.69, 9.17) is 5.21 Å². The maximum Gasteiger partial charge on any atom is 0.254 e. The van der Waals surface area contributed by atoms with E-state index in [0.29, 0.717) is 13.0 Å². The molecule has 0 aliphatic heterocycles. The average Bonchev–Trinajstić information content (AvgIpc) is 2.46. The minimum absolute atomic E-state index is 0.0483. The molecule has 0 saturated carbocycles. The van der Waals surface area contributed by atoms with Gasteiger partial charge in [-0.2, -0.15) is 0 Å². The van der Waals surface area contributed by atoms with Gasteiger partial charge in [-0.25, -0.2) is 9.87 Å². The Morgan fingerprint density at radius 2 is 1.80 bits per heavy atom. The van der Waals surface area contributed by atoms with Crippen LogP contribution in [0.15, 0.2) is 24.3 Å². The number of carbonyl (C=O) groups excluding carboxylic acids is 2. The Bertz CT molecular complexity index is 452. The van der Waals surface area contributed by atoms with E-state index in [0.717, 1.165) is 19.3 Å². The van der Waals surface area contributed by atoms with Crippen LogP contribution in [0.2, 0.25) is 0 Å². The Morgan fingerprint density at radius 3 is 2.50 bits per heavy atom. The maximum atomic E-state index is 13.3. The predicted molar refractivity (Wildman–Crippen MR) is 71.7 cm³/mol. The van der Waals surface area contributed by atoms with Gasteiger partial charge in [0.05, 0.1) is 5.56 Å². The number of hydroxylamine groups is 1. The molecule has 0 aliphatic carbocycles. The average molecular weight is 282 g/mol. The van der Waals surface area contributed by atoms with E-state index in [1.54, 1.807) is 11.5 Å². The summed E-state index contributed by atoms with van der Waals surface area (Å²) < 4.78 is 13.3. The second-order valence-electron chi connectivity index (χ2n) is 4.43.